The standard InChI is InChI=1S/C5H12N2O4S2/c1-7-4(6)5(12(2,8)9)13(3,10)11/h7H,6H2,1-3H3. The Labute approximate surface area is 77.6 Å². The fourth-order valence-corrected chi connectivity index (χ4v) is 3.98. The maximum atomic E-state index is 11.0. The van der Waals surface area contributed by atoms with Gasteiger partial charge in [-0.15, -0.1) is 0 Å². The third kappa shape index (κ3) is 3.23. The molecule has 0 unspecified atom stereocenters. The average Bonchev–Trinajstić information content (AvgIpc) is 1.80. The van der Waals surface area contributed by atoms with Gasteiger partial charge in [-0.1, -0.05) is 0 Å². The smallest absolute Gasteiger partial charge is 0.198 e. The van der Waals surface area contributed by atoms with E-state index in [9.17, 15) is 16.8 Å². The van der Waals surface area contributed by atoms with Crippen molar-refractivity contribution in [1.82, 2.24) is 5.32 Å². The van der Waals surface area contributed by atoms with Crippen LogP contribution in [0.2, 0.25) is 0 Å². The second-order valence-corrected chi connectivity index (χ2v) is 6.66. The molecule has 8 heteroatoms. The molecule has 0 amide bonds. The maximum absolute atomic E-state index is 11.0. The Bertz CT molecular complexity index is 383. The van der Waals surface area contributed by atoms with Gasteiger partial charge in [-0.25, -0.2) is 16.8 Å². The molecule has 0 bridgehead atoms. The molecule has 13 heavy (non-hydrogen) atoms. The molecule has 0 radical (unpaired) electrons. The van der Waals surface area contributed by atoms with Gasteiger partial charge in [-0.05, 0) is 0 Å². The van der Waals surface area contributed by atoms with Gasteiger partial charge >= 0.3 is 0 Å². The molecule has 0 aliphatic rings. The summed E-state index contributed by atoms with van der Waals surface area (Å²) in [5.41, 5.74) is 5.20. The molecule has 78 valence electrons. The lowest BCUT2D eigenvalue weighted by atomic mass is 10.8. The molecule has 0 aromatic rings. The SMILES string of the molecule is CNC(N)=C(S(C)(=O)=O)S(C)(=O)=O. The molecule has 0 saturated heterocycles. The summed E-state index contributed by atoms with van der Waals surface area (Å²) in [7, 11) is -6.32. The van der Waals surface area contributed by atoms with Crippen molar-refractivity contribution in [2.24, 2.45) is 5.73 Å². The van der Waals surface area contributed by atoms with Crippen molar-refractivity contribution in [2.45, 2.75) is 0 Å². The van der Waals surface area contributed by atoms with E-state index in [1.54, 1.807) is 0 Å². The van der Waals surface area contributed by atoms with E-state index in [2.05, 4.69) is 5.32 Å². The summed E-state index contributed by atoms with van der Waals surface area (Å²) in [6, 6.07) is 0. The minimum absolute atomic E-state index is 0.370. The van der Waals surface area contributed by atoms with Crippen LogP contribution < -0.4 is 11.1 Å². The third-order valence-corrected chi connectivity index (χ3v) is 4.77. The minimum Gasteiger partial charge on any atom is -0.384 e. The summed E-state index contributed by atoms with van der Waals surface area (Å²) < 4.78 is 43.3. The van der Waals surface area contributed by atoms with Crippen molar-refractivity contribution in [3.63, 3.8) is 0 Å². The predicted octanol–water partition coefficient (Wildman–Crippen LogP) is -1.62. The van der Waals surface area contributed by atoms with Crippen LogP contribution >= 0.6 is 0 Å². The van der Waals surface area contributed by atoms with Crippen LogP contribution in [-0.4, -0.2) is 36.4 Å². The average molecular weight is 228 g/mol. The quantitative estimate of drug-likeness (QED) is 0.601. The Morgan fingerprint density at radius 1 is 1.08 bits per heavy atom. The zero-order valence-electron chi connectivity index (χ0n) is 7.53. The van der Waals surface area contributed by atoms with E-state index in [1.807, 2.05) is 0 Å². The van der Waals surface area contributed by atoms with E-state index in [1.165, 1.54) is 7.05 Å². The van der Waals surface area contributed by atoms with Crippen molar-refractivity contribution in [2.75, 3.05) is 19.6 Å². The zero-order valence-corrected chi connectivity index (χ0v) is 9.16. The molecule has 3 N–H and O–H groups in total. The topological polar surface area (TPSA) is 106 Å². The normalized spacial score (nSPS) is 12.2. The highest BCUT2D eigenvalue weighted by atomic mass is 32.3. The Balaban J connectivity index is 5.84. The summed E-state index contributed by atoms with van der Waals surface area (Å²) in [5, 5.41) is 2.28. The molecule has 0 aromatic carbocycles. The van der Waals surface area contributed by atoms with Gasteiger partial charge in [0.1, 0.15) is 5.82 Å². The molecule has 0 aliphatic carbocycles. The summed E-state index contributed by atoms with van der Waals surface area (Å²) in [6.07, 6.45) is 1.57. The molecule has 0 aromatic heterocycles. The van der Waals surface area contributed by atoms with Crippen molar-refractivity contribution >= 4 is 19.7 Å². The van der Waals surface area contributed by atoms with Gasteiger partial charge in [0.15, 0.2) is 23.9 Å². The molecule has 0 atom stereocenters. The van der Waals surface area contributed by atoms with E-state index in [0.717, 1.165) is 12.5 Å². The van der Waals surface area contributed by atoms with Crippen LogP contribution in [0.3, 0.4) is 0 Å². The first-order chi connectivity index (χ1) is 5.60. The third-order valence-electron chi connectivity index (χ3n) is 1.16. The van der Waals surface area contributed by atoms with E-state index >= 15 is 0 Å². The van der Waals surface area contributed by atoms with Crippen molar-refractivity contribution in [3.8, 4) is 0 Å². The van der Waals surface area contributed by atoms with Crippen LogP contribution in [-0.2, 0) is 19.7 Å². The first kappa shape index (κ1) is 12.2. The molecule has 0 aliphatic heterocycles. The molecule has 6 nitrogen and oxygen atoms in total. The first-order valence-electron chi connectivity index (χ1n) is 3.18. The highest BCUT2D eigenvalue weighted by Crippen LogP contribution is 2.13. The van der Waals surface area contributed by atoms with Crippen LogP contribution in [0.1, 0.15) is 0 Å². The second kappa shape index (κ2) is 3.54. The zero-order chi connectivity index (χ0) is 10.9. The molecular formula is C5H12N2O4S2. The monoisotopic (exact) mass is 228 g/mol. The Hall–Kier alpha value is -0.760. The fourth-order valence-electron chi connectivity index (χ4n) is 0.777. The van der Waals surface area contributed by atoms with Gasteiger partial charge in [0, 0.05) is 19.6 Å². The number of hydrogen-bond acceptors (Lipinski definition) is 6. The van der Waals surface area contributed by atoms with Gasteiger partial charge in [0.25, 0.3) is 0 Å². The second-order valence-electron chi connectivity index (χ2n) is 2.50. The van der Waals surface area contributed by atoms with Crippen molar-refractivity contribution < 1.29 is 16.8 Å². The van der Waals surface area contributed by atoms with Crippen LogP contribution in [0.25, 0.3) is 0 Å². The Morgan fingerprint density at radius 3 is 1.46 bits per heavy atom. The minimum atomic E-state index is -3.83. The predicted molar refractivity (Wildman–Crippen MR) is 50.0 cm³/mol. The Kier molecular flexibility index (Phi) is 3.34. The van der Waals surface area contributed by atoms with Crippen molar-refractivity contribution in [3.05, 3.63) is 10.1 Å². The first-order valence-corrected chi connectivity index (χ1v) is 6.96. The molecule has 0 heterocycles. The van der Waals surface area contributed by atoms with Gasteiger partial charge in [-0.2, -0.15) is 0 Å². The highest BCUT2D eigenvalue weighted by Gasteiger charge is 2.26. The van der Waals surface area contributed by atoms with E-state index in [4.69, 9.17) is 5.73 Å². The van der Waals surface area contributed by atoms with E-state index < -0.39 is 23.9 Å². The summed E-state index contributed by atoms with van der Waals surface area (Å²) in [6.45, 7) is 0. The van der Waals surface area contributed by atoms with Crippen LogP contribution in [0.15, 0.2) is 10.1 Å². The van der Waals surface area contributed by atoms with Crippen molar-refractivity contribution in [1.29, 1.82) is 0 Å². The largest absolute Gasteiger partial charge is 0.384 e. The van der Waals surface area contributed by atoms with Gasteiger partial charge in [-0.3, -0.25) is 0 Å². The van der Waals surface area contributed by atoms with Gasteiger partial charge < -0.3 is 11.1 Å². The molecular weight excluding hydrogens is 216 g/mol. The van der Waals surface area contributed by atoms with Crippen LogP contribution in [0, 0.1) is 0 Å². The lowest BCUT2D eigenvalue weighted by molar-refractivity contribution is 0.600. The lowest BCUT2D eigenvalue weighted by Crippen LogP contribution is -2.25. The number of sulfone groups is 2. The number of rotatable bonds is 3. The molecule has 0 saturated carbocycles. The Morgan fingerprint density at radius 2 is 1.38 bits per heavy atom. The van der Waals surface area contributed by atoms with Gasteiger partial charge in [0.05, 0.1) is 0 Å². The molecule has 0 spiro atoms. The van der Waals surface area contributed by atoms with Crippen LogP contribution in [0.5, 0.6) is 0 Å². The van der Waals surface area contributed by atoms with Crippen LogP contribution in [0.4, 0.5) is 0 Å². The summed E-state index contributed by atoms with van der Waals surface area (Å²) >= 11 is 0. The fraction of sp³-hybridized carbons (Fsp3) is 0.600. The summed E-state index contributed by atoms with van der Waals surface area (Å²) in [5.74, 6) is -0.370. The van der Waals surface area contributed by atoms with Gasteiger partial charge in [0.2, 0.25) is 0 Å². The van der Waals surface area contributed by atoms with E-state index in [-0.39, 0.29) is 5.82 Å². The summed E-state index contributed by atoms with van der Waals surface area (Å²) in [4.78, 5) is 0. The maximum Gasteiger partial charge on any atom is 0.198 e. The van der Waals surface area contributed by atoms with E-state index in [0.29, 0.717) is 0 Å². The number of hydrogen-bond donors (Lipinski definition) is 2. The molecule has 0 rings (SSSR count). The molecule has 0 fully saturated rings. The highest BCUT2D eigenvalue weighted by molar-refractivity contribution is 8.13. The number of nitrogens with one attached hydrogen (secondary N) is 1. The lowest BCUT2D eigenvalue weighted by Gasteiger charge is -2.06. The number of nitrogens with two attached hydrogens (primary N) is 1.